The second-order valence-corrected chi connectivity index (χ2v) is 30.6. The van der Waals surface area contributed by atoms with E-state index in [-0.39, 0.29) is 27.4 Å². The molecule has 41 heavy (non-hydrogen) atoms. The Bertz CT molecular complexity index is 1170. The second-order valence-electron chi connectivity index (χ2n) is 16.2. The minimum atomic E-state index is -2.43. The number of H-pyrrole nitrogens is 1. The van der Waals surface area contributed by atoms with Crippen LogP contribution in [-0.2, 0) is 18.0 Å². The minimum Gasteiger partial charge on any atom is -0.414 e. The Kier molecular flexibility index (Phi) is 10.5. The van der Waals surface area contributed by atoms with Crippen molar-refractivity contribution in [3.8, 4) is 0 Å². The van der Waals surface area contributed by atoms with E-state index >= 15 is 0 Å². The summed E-state index contributed by atoms with van der Waals surface area (Å²) in [5.41, 5.74) is -1.06. The van der Waals surface area contributed by atoms with Crippen molar-refractivity contribution in [2.45, 2.75) is 154 Å². The first-order valence-corrected chi connectivity index (χ1v) is 23.5. The maximum Gasteiger partial charge on any atom is 0.330 e. The van der Waals surface area contributed by atoms with E-state index in [0.717, 1.165) is 0 Å². The lowest BCUT2D eigenvalue weighted by molar-refractivity contribution is -0.0545. The molecule has 238 valence electrons. The van der Waals surface area contributed by atoms with Gasteiger partial charge in [0.15, 0.2) is 31.2 Å². The smallest absolute Gasteiger partial charge is 0.330 e. The molecule has 1 aliphatic heterocycles. The van der Waals surface area contributed by atoms with Crippen LogP contribution in [0.5, 0.6) is 0 Å². The van der Waals surface area contributed by atoms with Crippen molar-refractivity contribution in [3.05, 3.63) is 32.6 Å². The van der Waals surface area contributed by atoms with Crippen LogP contribution in [0.1, 0.15) is 87.3 Å². The Labute approximate surface area is 250 Å². The number of hydrogen-bond acceptors (Lipinski definition) is 7. The number of aromatic amines is 1. The summed E-state index contributed by atoms with van der Waals surface area (Å²) in [6.45, 7) is 34.6. The van der Waals surface area contributed by atoms with Gasteiger partial charge in [-0.2, -0.15) is 0 Å². The van der Waals surface area contributed by atoms with E-state index < -0.39 is 66.8 Å². The molecule has 2 N–H and O–H groups in total. The van der Waals surface area contributed by atoms with Gasteiger partial charge >= 0.3 is 5.69 Å². The maximum atomic E-state index is 13.4. The lowest BCUT2D eigenvalue weighted by Crippen LogP contribution is -2.55. The predicted molar refractivity (Wildman–Crippen MR) is 173 cm³/mol. The van der Waals surface area contributed by atoms with Crippen LogP contribution in [0.15, 0.2) is 15.7 Å². The number of aliphatic hydroxyl groups is 1. The minimum absolute atomic E-state index is 0.00677. The summed E-state index contributed by atoms with van der Waals surface area (Å²) >= 11 is 0. The molecular formula is C29H58N2O7Si3. The highest BCUT2D eigenvalue weighted by atomic mass is 28.4. The van der Waals surface area contributed by atoms with E-state index in [2.05, 4.69) is 107 Å². The van der Waals surface area contributed by atoms with Crippen molar-refractivity contribution < 1.29 is 23.1 Å². The van der Waals surface area contributed by atoms with Crippen molar-refractivity contribution in [1.82, 2.24) is 9.55 Å². The molecule has 2 rings (SSSR count). The van der Waals surface area contributed by atoms with Gasteiger partial charge in [0.1, 0.15) is 18.3 Å². The molecular weight excluding hydrogens is 573 g/mol. The molecule has 1 fully saturated rings. The molecule has 0 amide bonds. The van der Waals surface area contributed by atoms with Crippen LogP contribution >= 0.6 is 0 Å². The Balaban J connectivity index is 2.79. The van der Waals surface area contributed by atoms with Crippen LogP contribution in [0.4, 0.5) is 0 Å². The van der Waals surface area contributed by atoms with Gasteiger partial charge in [0, 0.05) is 6.07 Å². The topological polar surface area (TPSA) is 112 Å². The van der Waals surface area contributed by atoms with Crippen molar-refractivity contribution in [1.29, 1.82) is 0 Å². The number of hydrogen-bond donors (Lipinski definition) is 2. The third-order valence-electron chi connectivity index (χ3n) is 9.86. The quantitative estimate of drug-likeness (QED) is 0.309. The van der Waals surface area contributed by atoms with Gasteiger partial charge in [-0.25, -0.2) is 4.79 Å². The summed E-state index contributed by atoms with van der Waals surface area (Å²) in [4.78, 5) is 28.0. The van der Waals surface area contributed by atoms with Gasteiger partial charge in [-0.05, 0) is 61.3 Å². The van der Waals surface area contributed by atoms with E-state index in [0.29, 0.717) is 0 Å². The lowest BCUT2D eigenvalue weighted by atomic mass is 10.1. The summed E-state index contributed by atoms with van der Waals surface area (Å²) in [7, 11) is -6.94. The van der Waals surface area contributed by atoms with Crippen LogP contribution in [0.2, 0.25) is 54.4 Å². The van der Waals surface area contributed by atoms with Gasteiger partial charge in [0.2, 0.25) is 0 Å². The fourth-order valence-electron chi connectivity index (χ4n) is 3.97. The van der Waals surface area contributed by atoms with E-state index in [1.54, 1.807) is 0 Å². The summed E-state index contributed by atoms with van der Waals surface area (Å²) in [5.74, 6) is 0. The van der Waals surface area contributed by atoms with Gasteiger partial charge in [-0.15, -0.1) is 0 Å². The van der Waals surface area contributed by atoms with Gasteiger partial charge in [-0.3, -0.25) is 14.3 Å². The number of ether oxygens (including phenoxy) is 1. The van der Waals surface area contributed by atoms with Crippen LogP contribution in [0.3, 0.4) is 0 Å². The molecule has 1 aliphatic rings. The highest BCUT2D eigenvalue weighted by Gasteiger charge is 2.55. The molecule has 2 heterocycles. The summed E-state index contributed by atoms with van der Waals surface area (Å²) in [5, 5.41) is 10.4. The molecule has 0 bridgehead atoms. The van der Waals surface area contributed by atoms with Gasteiger partial charge < -0.3 is 23.1 Å². The Morgan fingerprint density at radius 2 is 1.29 bits per heavy atom. The highest BCUT2D eigenvalue weighted by molar-refractivity contribution is 6.75. The van der Waals surface area contributed by atoms with E-state index in [1.165, 1.54) is 17.6 Å². The number of aliphatic hydroxyl groups excluding tert-OH is 1. The molecule has 1 aromatic heterocycles. The van der Waals surface area contributed by atoms with Crippen molar-refractivity contribution >= 4 is 25.0 Å². The van der Waals surface area contributed by atoms with E-state index in [1.807, 2.05) is 0 Å². The Morgan fingerprint density at radius 3 is 1.71 bits per heavy atom. The number of nitrogens with one attached hydrogen (secondary N) is 1. The number of rotatable bonds is 9. The summed E-state index contributed by atoms with van der Waals surface area (Å²) < 4.78 is 28.9. The first kappa shape index (κ1) is 36.3. The zero-order valence-corrected chi connectivity index (χ0v) is 31.5. The Hall–Kier alpha value is -0.869. The maximum absolute atomic E-state index is 13.4. The summed E-state index contributed by atoms with van der Waals surface area (Å²) in [6.07, 6.45) is -3.73. The normalized spacial score (nSPS) is 24.1. The largest absolute Gasteiger partial charge is 0.414 e. The van der Waals surface area contributed by atoms with Crippen molar-refractivity contribution in [2.75, 3.05) is 6.61 Å². The molecule has 0 aromatic carbocycles. The average Bonchev–Trinajstić information content (AvgIpc) is 3.05. The molecule has 9 nitrogen and oxygen atoms in total. The lowest BCUT2D eigenvalue weighted by Gasteiger charge is -2.44. The second kappa shape index (κ2) is 11.9. The molecule has 0 unspecified atom stereocenters. The predicted octanol–water partition coefficient (Wildman–Crippen LogP) is 6.29. The molecule has 0 aliphatic carbocycles. The van der Waals surface area contributed by atoms with Crippen LogP contribution in [0.25, 0.3) is 0 Å². The fourth-order valence-corrected chi connectivity index (χ4v) is 7.58. The zero-order chi connectivity index (χ0) is 32.1. The molecule has 5 atom stereocenters. The van der Waals surface area contributed by atoms with Gasteiger partial charge in [0.25, 0.3) is 5.56 Å². The van der Waals surface area contributed by atoms with Crippen molar-refractivity contribution in [2.24, 2.45) is 0 Å². The first-order chi connectivity index (χ1) is 18.1. The zero-order valence-electron chi connectivity index (χ0n) is 28.5. The van der Waals surface area contributed by atoms with Crippen LogP contribution in [-0.4, -0.2) is 64.5 Å². The third kappa shape index (κ3) is 8.00. The van der Waals surface area contributed by atoms with Crippen molar-refractivity contribution in [3.63, 3.8) is 0 Å². The first-order valence-electron chi connectivity index (χ1n) is 14.8. The molecule has 0 radical (unpaired) electrons. The molecule has 0 spiro atoms. The standard InChI is InChI=1S/C29H58N2O7Si3/c1-19(32)20-17-22(33)30-26(34)31(20)25-24(38-41(15,16)29(8,9)10)23(37-40(13,14)28(5,6)7)21(36-25)18-35-39(11,12)27(2,3)4/h17,19,21,23-25,32H,18H2,1-16H3,(H,30,33,34)/t19-,21-,23-,24-,25-/m1/s1. The average molecular weight is 631 g/mol. The SMILES string of the molecule is C[C@@H](O)c1cc(=O)[nH]c(=O)n1[C@@H]1O[C@H](CO[Si](C)(C)C(C)(C)C)[C@@H](O[Si](C)(C)C(C)(C)C)[C@H]1O[Si](C)(C)C(C)(C)C. The molecule has 12 heteroatoms. The molecule has 1 saturated heterocycles. The van der Waals surface area contributed by atoms with Gasteiger partial charge in [-0.1, -0.05) is 62.3 Å². The number of aromatic nitrogens is 2. The summed E-state index contributed by atoms with van der Waals surface area (Å²) in [6, 6.07) is 1.25. The fraction of sp³-hybridized carbons (Fsp3) is 0.862. The van der Waals surface area contributed by atoms with Crippen LogP contribution < -0.4 is 11.2 Å². The number of nitrogens with zero attached hydrogens (tertiary/aromatic N) is 1. The van der Waals surface area contributed by atoms with E-state index in [9.17, 15) is 14.7 Å². The Morgan fingerprint density at radius 1 is 0.854 bits per heavy atom. The molecule has 0 saturated carbocycles. The highest BCUT2D eigenvalue weighted by Crippen LogP contribution is 2.46. The van der Waals surface area contributed by atoms with Gasteiger partial charge in [0.05, 0.1) is 18.4 Å². The van der Waals surface area contributed by atoms with Crippen LogP contribution in [0, 0.1) is 0 Å². The third-order valence-corrected chi connectivity index (χ3v) is 23.3. The van der Waals surface area contributed by atoms with E-state index in [4.69, 9.17) is 18.0 Å². The monoisotopic (exact) mass is 630 g/mol. The molecule has 1 aromatic rings.